The minimum Gasteiger partial charge on any atom is -0.330 e. The molecule has 0 fully saturated rings. The van der Waals surface area contributed by atoms with E-state index in [4.69, 9.17) is 17.3 Å². The van der Waals surface area contributed by atoms with Crippen molar-refractivity contribution in [1.29, 1.82) is 0 Å². The number of carbonyl (C=O) groups is 1. The average Bonchev–Trinajstić information content (AvgIpc) is 2.33. The topological polar surface area (TPSA) is 43.1 Å². The second-order valence-electron chi connectivity index (χ2n) is 4.40. The average molecular weight is 272 g/mol. The summed E-state index contributed by atoms with van der Waals surface area (Å²) < 4.78 is 13.0. The maximum absolute atomic E-state index is 13.0. The van der Waals surface area contributed by atoms with Crippen molar-refractivity contribution in [3.05, 3.63) is 34.6 Å². The lowest BCUT2D eigenvalue weighted by molar-refractivity contribution is -0.118. The number of Topliss-reactive ketones (excluding diaryl/α,β-unsaturated/α-hetero) is 1. The van der Waals surface area contributed by atoms with Gasteiger partial charge in [-0.2, -0.15) is 0 Å². The van der Waals surface area contributed by atoms with Crippen LogP contribution in [0, 0.1) is 5.82 Å². The van der Waals surface area contributed by atoms with Crippen molar-refractivity contribution in [3.63, 3.8) is 0 Å². The van der Waals surface area contributed by atoms with Crippen LogP contribution < -0.4 is 5.73 Å². The molecule has 0 heterocycles. The summed E-state index contributed by atoms with van der Waals surface area (Å²) in [5, 5.41) is 0.452. The molecule has 0 aliphatic heterocycles. The Bertz CT molecular complexity index is 395. The molecular weight excluding hydrogens is 253 g/mol. The van der Waals surface area contributed by atoms with Crippen molar-refractivity contribution in [1.82, 2.24) is 0 Å². The van der Waals surface area contributed by atoms with Crippen LogP contribution in [0.5, 0.6) is 0 Å². The Balaban J connectivity index is 2.33. The molecule has 1 aromatic rings. The van der Waals surface area contributed by atoms with Gasteiger partial charge in [-0.05, 0) is 43.1 Å². The standard InChI is InChI=1S/C14H19ClFNO/c15-14-7-6-12(16)9-11(14)10-13(18)5-3-1-2-4-8-17/h6-7,9H,1-5,8,10,17H2. The molecule has 0 aliphatic rings. The van der Waals surface area contributed by atoms with Crippen LogP contribution in [0.4, 0.5) is 4.39 Å². The minimum absolute atomic E-state index is 0.107. The number of ketones is 1. The van der Waals surface area contributed by atoms with Crippen molar-refractivity contribution in [2.45, 2.75) is 38.5 Å². The van der Waals surface area contributed by atoms with Gasteiger partial charge in [-0.25, -0.2) is 4.39 Å². The maximum atomic E-state index is 13.0. The van der Waals surface area contributed by atoms with Gasteiger partial charge in [0.2, 0.25) is 0 Å². The molecule has 0 radical (unpaired) electrons. The van der Waals surface area contributed by atoms with Crippen LogP contribution >= 0.6 is 11.6 Å². The fourth-order valence-corrected chi connectivity index (χ4v) is 1.98. The smallest absolute Gasteiger partial charge is 0.137 e. The molecule has 0 atom stereocenters. The van der Waals surface area contributed by atoms with Gasteiger partial charge in [0.05, 0.1) is 0 Å². The Hall–Kier alpha value is -0.930. The van der Waals surface area contributed by atoms with Gasteiger partial charge in [-0.3, -0.25) is 4.79 Å². The van der Waals surface area contributed by atoms with E-state index in [0.717, 1.165) is 25.7 Å². The quantitative estimate of drug-likeness (QED) is 0.736. The van der Waals surface area contributed by atoms with E-state index in [1.165, 1.54) is 18.2 Å². The van der Waals surface area contributed by atoms with Gasteiger partial charge in [-0.1, -0.05) is 24.4 Å². The van der Waals surface area contributed by atoms with Crippen molar-refractivity contribution < 1.29 is 9.18 Å². The third kappa shape index (κ3) is 5.61. The van der Waals surface area contributed by atoms with Crippen LogP contribution in [-0.4, -0.2) is 12.3 Å². The van der Waals surface area contributed by atoms with Gasteiger partial charge < -0.3 is 5.73 Å². The number of benzene rings is 1. The van der Waals surface area contributed by atoms with E-state index in [9.17, 15) is 9.18 Å². The van der Waals surface area contributed by atoms with Crippen LogP contribution in [0.3, 0.4) is 0 Å². The third-order valence-corrected chi connectivity index (χ3v) is 3.17. The largest absolute Gasteiger partial charge is 0.330 e. The first kappa shape index (κ1) is 15.1. The molecule has 0 aromatic heterocycles. The lowest BCUT2D eigenvalue weighted by Gasteiger charge is -2.04. The first-order chi connectivity index (χ1) is 8.63. The highest BCUT2D eigenvalue weighted by Crippen LogP contribution is 2.18. The predicted octanol–water partition coefficient (Wildman–Crippen LogP) is 3.50. The van der Waals surface area contributed by atoms with Crippen molar-refractivity contribution in [2.75, 3.05) is 6.54 Å². The summed E-state index contributed by atoms with van der Waals surface area (Å²) in [5.74, 6) is -0.250. The Labute approximate surface area is 112 Å². The minimum atomic E-state index is -0.356. The van der Waals surface area contributed by atoms with E-state index in [0.29, 0.717) is 23.6 Å². The summed E-state index contributed by atoms with van der Waals surface area (Å²) in [7, 11) is 0. The van der Waals surface area contributed by atoms with E-state index < -0.39 is 0 Å². The van der Waals surface area contributed by atoms with Gasteiger partial charge in [0.1, 0.15) is 11.6 Å². The van der Waals surface area contributed by atoms with Gasteiger partial charge in [0.25, 0.3) is 0 Å². The molecule has 0 spiro atoms. The van der Waals surface area contributed by atoms with Crippen LogP contribution in [0.2, 0.25) is 5.02 Å². The van der Waals surface area contributed by atoms with E-state index in [2.05, 4.69) is 0 Å². The molecule has 0 saturated heterocycles. The Kier molecular flexibility index (Phi) is 6.91. The normalized spacial score (nSPS) is 10.6. The second kappa shape index (κ2) is 8.22. The summed E-state index contributed by atoms with van der Waals surface area (Å²) in [6, 6.07) is 4.11. The van der Waals surface area contributed by atoms with Crippen molar-refractivity contribution in [2.24, 2.45) is 5.73 Å². The molecule has 0 bridgehead atoms. The first-order valence-electron chi connectivity index (χ1n) is 6.29. The lowest BCUT2D eigenvalue weighted by Crippen LogP contribution is -2.04. The van der Waals surface area contributed by atoms with Gasteiger partial charge in [-0.15, -0.1) is 0 Å². The SMILES string of the molecule is NCCCCCCC(=O)Cc1cc(F)ccc1Cl. The second-order valence-corrected chi connectivity index (χ2v) is 4.81. The molecule has 0 saturated carbocycles. The van der Waals surface area contributed by atoms with Gasteiger partial charge >= 0.3 is 0 Å². The number of hydrogen-bond donors (Lipinski definition) is 1. The molecule has 100 valence electrons. The zero-order chi connectivity index (χ0) is 13.4. The summed E-state index contributed by atoms with van der Waals surface area (Å²) >= 11 is 5.91. The molecule has 0 amide bonds. The predicted molar refractivity (Wildman–Crippen MR) is 72.3 cm³/mol. The number of halogens is 2. The summed E-state index contributed by atoms with van der Waals surface area (Å²) in [6.45, 7) is 0.701. The zero-order valence-electron chi connectivity index (χ0n) is 10.4. The van der Waals surface area contributed by atoms with Crippen molar-refractivity contribution in [3.8, 4) is 0 Å². The zero-order valence-corrected chi connectivity index (χ0v) is 11.2. The maximum Gasteiger partial charge on any atom is 0.137 e. The number of carbonyl (C=O) groups excluding carboxylic acids is 1. The highest BCUT2D eigenvalue weighted by atomic mass is 35.5. The Morgan fingerprint density at radius 2 is 1.94 bits per heavy atom. The summed E-state index contributed by atoms with van der Waals surface area (Å²) in [6.07, 6.45) is 4.69. The molecule has 2 nitrogen and oxygen atoms in total. The highest BCUT2D eigenvalue weighted by molar-refractivity contribution is 6.31. The van der Waals surface area contributed by atoms with Crippen LogP contribution in [0.1, 0.15) is 37.7 Å². The number of hydrogen-bond acceptors (Lipinski definition) is 2. The highest BCUT2D eigenvalue weighted by Gasteiger charge is 2.08. The van der Waals surface area contributed by atoms with Gasteiger partial charge in [0.15, 0.2) is 0 Å². The molecule has 0 aliphatic carbocycles. The fraction of sp³-hybridized carbons (Fsp3) is 0.500. The molecule has 18 heavy (non-hydrogen) atoms. The van der Waals surface area contributed by atoms with Gasteiger partial charge in [0, 0.05) is 17.9 Å². The van der Waals surface area contributed by atoms with E-state index >= 15 is 0 Å². The summed E-state index contributed by atoms with van der Waals surface area (Å²) in [5.41, 5.74) is 5.96. The molecule has 1 rings (SSSR count). The monoisotopic (exact) mass is 271 g/mol. The molecule has 4 heteroatoms. The Morgan fingerprint density at radius 1 is 1.22 bits per heavy atom. The number of unbranched alkanes of at least 4 members (excludes halogenated alkanes) is 3. The fourth-order valence-electron chi connectivity index (χ4n) is 1.80. The van der Waals surface area contributed by atoms with E-state index in [-0.39, 0.29) is 18.0 Å². The van der Waals surface area contributed by atoms with E-state index in [1.807, 2.05) is 0 Å². The number of rotatable bonds is 8. The first-order valence-corrected chi connectivity index (χ1v) is 6.67. The molecule has 2 N–H and O–H groups in total. The lowest BCUT2D eigenvalue weighted by atomic mass is 10.0. The third-order valence-electron chi connectivity index (χ3n) is 2.81. The van der Waals surface area contributed by atoms with Crippen LogP contribution in [-0.2, 0) is 11.2 Å². The molecule has 0 unspecified atom stereocenters. The van der Waals surface area contributed by atoms with Crippen LogP contribution in [0.15, 0.2) is 18.2 Å². The van der Waals surface area contributed by atoms with E-state index in [1.54, 1.807) is 0 Å². The Morgan fingerprint density at radius 3 is 2.67 bits per heavy atom. The molecule has 1 aromatic carbocycles. The van der Waals surface area contributed by atoms with Crippen molar-refractivity contribution >= 4 is 17.4 Å². The number of nitrogens with two attached hydrogens (primary N) is 1. The summed E-state index contributed by atoms with van der Waals surface area (Å²) in [4.78, 5) is 11.7. The molecular formula is C14H19ClFNO. The van der Waals surface area contributed by atoms with Crippen LogP contribution in [0.25, 0.3) is 0 Å².